The summed E-state index contributed by atoms with van der Waals surface area (Å²) in [5.41, 5.74) is 5.21. The van der Waals surface area contributed by atoms with E-state index >= 15 is 0 Å². The number of halogens is 3. The van der Waals surface area contributed by atoms with E-state index in [4.69, 9.17) is 5.73 Å². The Bertz CT molecular complexity index is 458. The van der Waals surface area contributed by atoms with Gasteiger partial charge in [0.2, 0.25) is 5.91 Å². The van der Waals surface area contributed by atoms with Crippen LogP contribution >= 0.6 is 0 Å². The van der Waals surface area contributed by atoms with E-state index < -0.39 is 11.7 Å². The van der Waals surface area contributed by atoms with E-state index in [1.165, 1.54) is 6.07 Å². The summed E-state index contributed by atoms with van der Waals surface area (Å²) < 4.78 is 37.7. The van der Waals surface area contributed by atoms with Crippen molar-refractivity contribution in [2.75, 3.05) is 6.54 Å². The molecule has 0 aromatic heterocycles. The van der Waals surface area contributed by atoms with Crippen LogP contribution in [0.25, 0.3) is 0 Å². The predicted octanol–water partition coefficient (Wildman–Crippen LogP) is 2.55. The number of rotatable bonds is 5. The Morgan fingerprint density at radius 3 is 2.50 bits per heavy atom. The maximum atomic E-state index is 12.6. The largest absolute Gasteiger partial charge is 0.416 e. The molecule has 0 aliphatic carbocycles. The number of hydrogen-bond donors (Lipinski definition) is 2. The summed E-state index contributed by atoms with van der Waals surface area (Å²) in [6.45, 7) is 4.03. The predicted molar refractivity (Wildman–Crippen MR) is 70.7 cm³/mol. The van der Waals surface area contributed by atoms with Gasteiger partial charge in [-0.15, -0.1) is 0 Å². The number of benzene rings is 1. The van der Waals surface area contributed by atoms with Gasteiger partial charge in [0.05, 0.1) is 11.5 Å². The standard InChI is InChI=1S/C14H19F3N2O/c1-9(2)12(7-18)13(20)19-8-10-4-3-5-11(6-10)14(15,16)17/h3-6,9,12H,7-8,18H2,1-2H3,(H,19,20). The lowest BCUT2D eigenvalue weighted by Crippen LogP contribution is -2.37. The molecule has 0 spiro atoms. The Hall–Kier alpha value is -1.56. The fourth-order valence-electron chi connectivity index (χ4n) is 1.86. The van der Waals surface area contributed by atoms with Crippen LogP contribution in [0, 0.1) is 11.8 Å². The molecule has 1 unspecified atom stereocenters. The van der Waals surface area contributed by atoms with Crippen LogP contribution in [0.1, 0.15) is 25.0 Å². The molecule has 20 heavy (non-hydrogen) atoms. The zero-order valence-corrected chi connectivity index (χ0v) is 11.5. The molecule has 0 radical (unpaired) electrons. The molecule has 1 amide bonds. The minimum absolute atomic E-state index is 0.0615. The molecule has 0 aliphatic heterocycles. The van der Waals surface area contributed by atoms with Gasteiger partial charge in [-0.1, -0.05) is 26.0 Å². The molecule has 0 heterocycles. The molecule has 0 bridgehead atoms. The van der Waals surface area contributed by atoms with Gasteiger partial charge < -0.3 is 11.1 Å². The summed E-state index contributed by atoms with van der Waals surface area (Å²) in [7, 11) is 0. The van der Waals surface area contributed by atoms with Crippen molar-refractivity contribution >= 4 is 5.91 Å². The second-order valence-electron chi connectivity index (χ2n) is 5.00. The highest BCUT2D eigenvalue weighted by Gasteiger charge is 2.30. The maximum absolute atomic E-state index is 12.6. The summed E-state index contributed by atoms with van der Waals surface area (Å²) >= 11 is 0. The Morgan fingerprint density at radius 2 is 2.00 bits per heavy atom. The van der Waals surface area contributed by atoms with Gasteiger partial charge in [-0.25, -0.2) is 0 Å². The first-order chi connectivity index (χ1) is 9.25. The van der Waals surface area contributed by atoms with E-state index in [1.807, 2.05) is 13.8 Å². The van der Waals surface area contributed by atoms with Crippen molar-refractivity contribution in [1.29, 1.82) is 0 Å². The van der Waals surface area contributed by atoms with Gasteiger partial charge in [0.1, 0.15) is 0 Å². The van der Waals surface area contributed by atoms with E-state index in [0.717, 1.165) is 12.1 Å². The molecule has 1 aromatic rings. The van der Waals surface area contributed by atoms with Gasteiger partial charge in [-0.05, 0) is 23.6 Å². The summed E-state index contributed by atoms with van der Waals surface area (Å²) in [6.07, 6.45) is -4.38. The first kappa shape index (κ1) is 16.5. The molecule has 0 fully saturated rings. The minimum Gasteiger partial charge on any atom is -0.352 e. The SMILES string of the molecule is CC(C)C(CN)C(=O)NCc1cccc(C(F)(F)F)c1. The normalized spacial score (nSPS) is 13.3. The fraction of sp³-hybridized carbons (Fsp3) is 0.500. The fourth-order valence-corrected chi connectivity index (χ4v) is 1.86. The Morgan fingerprint density at radius 1 is 1.35 bits per heavy atom. The number of carbonyl (C=O) groups excluding carboxylic acids is 1. The lowest BCUT2D eigenvalue weighted by molar-refractivity contribution is -0.137. The van der Waals surface area contributed by atoms with Crippen molar-refractivity contribution in [2.24, 2.45) is 17.6 Å². The molecule has 1 atom stereocenters. The molecule has 3 nitrogen and oxygen atoms in total. The molecule has 3 N–H and O–H groups in total. The van der Waals surface area contributed by atoms with Gasteiger partial charge in [-0.3, -0.25) is 4.79 Å². The van der Waals surface area contributed by atoms with Crippen molar-refractivity contribution in [3.63, 3.8) is 0 Å². The minimum atomic E-state index is -4.38. The smallest absolute Gasteiger partial charge is 0.352 e. The molecule has 1 aromatic carbocycles. The van der Waals surface area contributed by atoms with E-state index in [9.17, 15) is 18.0 Å². The monoisotopic (exact) mass is 288 g/mol. The van der Waals surface area contributed by atoms with Crippen LogP contribution in [0.2, 0.25) is 0 Å². The lowest BCUT2D eigenvalue weighted by Gasteiger charge is -2.18. The molecule has 0 aliphatic rings. The zero-order valence-electron chi connectivity index (χ0n) is 11.5. The highest BCUT2D eigenvalue weighted by Crippen LogP contribution is 2.29. The number of alkyl halides is 3. The second kappa shape index (κ2) is 6.74. The molecule has 0 saturated carbocycles. The first-order valence-electron chi connectivity index (χ1n) is 6.39. The van der Waals surface area contributed by atoms with Crippen LogP contribution in [0.4, 0.5) is 13.2 Å². The number of amides is 1. The topological polar surface area (TPSA) is 55.1 Å². The molecule has 1 rings (SSSR count). The highest BCUT2D eigenvalue weighted by molar-refractivity contribution is 5.79. The summed E-state index contributed by atoms with van der Waals surface area (Å²) in [5.74, 6) is -0.484. The highest BCUT2D eigenvalue weighted by atomic mass is 19.4. The van der Waals surface area contributed by atoms with Gasteiger partial charge in [0.25, 0.3) is 0 Å². The van der Waals surface area contributed by atoms with Crippen molar-refractivity contribution in [3.05, 3.63) is 35.4 Å². The van der Waals surface area contributed by atoms with Crippen molar-refractivity contribution in [3.8, 4) is 0 Å². The lowest BCUT2D eigenvalue weighted by atomic mass is 9.95. The van der Waals surface area contributed by atoms with Crippen LogP contribution in [-0.4, -0.2) is 12.5 Å². The van der Waals surface area contributed by atoms with E-state index in [0.29, 0.717) is 5.56 Å². The van der Waals surface area contributed by atoms with Crippen LogP contribution < -0.4 is 11.1 Å². The Labute approximate surface area is 116 Å². The molecule has 0 saturated heterocycles. The second-order valence-corrected chi connectivity index (χ2v) is 5.00. The quantitative estimate of drug-likeness (QED) is 0.875. The summed E-state index contributed by atoms with van der Waals surface area (Å²) in [4.78, 5) is 11.9. The maximum Gasteiger partial charge on any atom is 0.416 e. The van der Waals surface area contributed by atoms with Crippen molar-refractivity contribution in [2.45, 2.75) is 26.6 Å². The van der Waals surface area contributed by atoms with Gasteiger partial charge >= 0.3 is 6.18 Å². The van der Waals surface area contributed by atoms with E-state index in [2.05, 4.69) is 5.32 Å². The van der Waals surface area contributed by atoms with Crippen molar-refractivity contribution in [1.82, 2.24) is 5.32 Å². The third kappa shape index (κ3) is 4.52. The average Bonchev–Trinajstić information content (AvgIpc) is 2.36. The average molecular weight is 288 g/mol. The molecule has 112 valence electrons. The van der Waals surface area contributed by atoms with Gasteiger partial charge in [0.15, 0.2) is 0 Å². The third-order valence-electron chi connectivity index (χ3n) is 3.12. The summed E-state index contributed by atoms with van der Waals surface area (Å²) in [5, 5.41) is 2.62. The van der Waals surface area contributed by atoms with E-state index in [-0.39, 0.29) is 30.8 Å². The Kier molecular flexibility index (Phi) is 5.56. The third-order valence-corrected chi connectivity index (χ3v) is 3.12. The van der Waals surface area contributed by atoms with E-state index in [1.54, 1.807) is 6.07 Å². The van der Waals surface area contributed by atoms with Crippen LogP contribution in [0.3, 0.4) is 0 Å². The number of hydrogen-bond acceptors (Lipinski definition) is 2. The number of nitrogens with two attached hydrogens (primary N) is 1. The van der Waals surface area contributed by atoms with Crippen LogP contribution in [0.15, 0.2) is 24.3 Å². The number of carbonyl (C=O) groups is 1. The van der Waals surface area contributed by atoms with Crippen LogP contribution in [-0.2, 0) is 17.5 Å². The van der Waals surface area contributed by atoms with Crippen molar-refractivity contribution < 1.29 is 18.0 Å². The van der Waals surface area contributed by atoms with Gasteiger partial charge in [-0.2, -0.15) is 13.2 Å². The molecular weight excluding hydrogens is 269 g/mol. The molecular formula is C14H19F3N2O. The summed E-state index contributed by atoms with van der Waals surface area (Å²) in [6, 6.07) is 4.91. The Balaban J connectivity index is 2.69. The van der Waals surface area contributed by atoms with Gasteiger partial charge in [0, 0.05) is 13.1 Å². The number of nitrogens with one attached hydrogen (secondary N) is 1. The molecule has 6 heteroatoms. The van der Waals surface area contributed by atoms with Crippen LogP contribution in [0.5, 0.6) is 0 Å². The first-order valence-corrected chi connectivity index (χ1v) is 6.39. The zero-order chi connectivity index (χ0) is 15.3.